The smallest absolute Gasteiger partial charge is 0.242 e. The van der Waals surface area contributed by atoms with Gasteiger partial charge in [-0.1, -0.05) is 18.2 Å². The number of rotatable bonds is 4. The van der Waals surface area contributed by atoms with Gasteiger partial charge in [-0.15, -0.1) is 0 Å². The largest absolute Gasteiger partial charge is 0.338 e. The van der Waals surface area contributed by atoms with Crippen molar-refractivity contribution in [2.24, 2.45) is 0 Å². The van der Waals surface area contributed by atoms with E-state index in [1.54, 1.807) is 36.6 Å². The SMILES string of the molecule is CC(c1cccnc1)N(C)C(=O)Cn1ccc(=O)c2ccccc21. The number of hydrogen-bond acceptors (Lipinski definition) is 3. The summed E-state index contributed by atoms with van der Waals surface area (Å²) in [6.45, 7) is 2.15. The monoisotopic (exact) mass is 321 g/mol. The third kappa shape index (κ3) is 3.06. The second-order valence-corrected chi connectivity index (χ2v) is 5.79. The molecule has 0 aliphatic rings. The molecule has 122 valence electrons. The fraction of sp³-hybridized carbons (Fsp3) is 0.211. The molecule has 5 nitrogen and oxygen atoms in total. The minimum atomic E-state index is -0.0724. The van der Waals surface area contributed by atoms with Gasteiger partial charge in [-0.25, -0.2) is 0 Å². The highest BCUT2D eigenvalue weighted by atomic mass is 16.2. The van der Waals surface area contributed by atoms with Crippen LogP contribution in [0.15, 0.2) is 65.8 Å². The van der Waals surface area contributed by atoms with Gasteiger partial charge in [-0.2, -0.15) is 0 Å². The molecule has 24 heavy (non-hydrogen) atoms. The Labute approximate surface area is 140 Å². The van der Waals surface area contributed by atoms with E-state index >= 15 is 0 Å². The lowest BCUT2D eigenvalue weighted by atomic mass is 10.1. The average molecular weight is 321 g/mol. The molecular formula is C19H19N3O2. The third-order valence-corrected chi connectivity index (χ3v) is 4.33. The molecule has 0 bridgehead atoms. The van der Waals surface area contributed by atoms with E-state index in [0.717, 1.165) is 11.1 Å². The van der Waals surface area contributed by atoms with E-state index in [1.165, 1.54) is 6.07 Å². The first-order chi connectivity index (χ1) is 11.6. The van der Waals surface area contributed by atoms with Gasteiger partial charge in [0, 0.05) is 37.1 Å². The number of carbonyl (C=O) groups excluding carboxylic acids is 1. The topological polar surface area (TPSA) is 55.2 Å². The summed E-state index contributed by atoms with van der Waals surface area (Å²) in [6, 6.07) is 12.6. The lowest BCUT2D eigenvalue weighted by molar-refractivity contribution is -0.132. The highest BCUT2D eigenvalue weighted by molar-refractivity contribution is 5.82. The van der Waals surface area contributed by atoms with Gasteiger partial charge in [0.1, 0.15) is 6.54 Å². The maximum absolute atomic E-state index is 12.7. The Balaban J connectivity index is 1.85. The zero-order valence-electron chi connectivity index (χ0n) is 13.7. The minimum absolute atomic E-state index is 0.0276. The van der Waals surface area contributed by atoms with Crippen molar-refractivity contribution in [3.8, 4) is 0 Å². The van der Waals surface area contributed by atoms with Crippen molar-refractivity contribution in [2.45, 2.75) is 19.5 Å². The molecule has 3 aromatic rings. The van der Waals surface area contributed by atoms with Crippen LogP contribution in [-0.2, 0) is 11.3 Å². The number of fused-ring (bicyclic) bond motifs is 1. The van der Waals surface area contributed by atoms with Crippen LogP contribution in [0, 0.1) is 0 Å². The van der Waals surface area contributed by atoms with Crippen LogP contribution in [0.1, 0.15) is 18.5 Å². The van der Waals surface area contributed by atoms with Crippen LogP contribution in [0.5, 0.6) is 0 Å². The predicted octanol–water partition coefficient (Wildman–Crippen LogP) is 2.62. The lowest BCUT2D eigenvalue weighted by Gasteiger charge is -2.26. The molecule has 0 saturated heterocycles. The molecule has 0 spiro atoms. The second-order valence-electron chi connectivity index (χ2n) is 5.79. The quantitative estimate of drug-likeness (QED) is 0.742. The van der Waals surface area contributed by atoms with Gasteiger partial charge >= 0.3 is 0 Å². The summed E-state index contributed by atoms with van der Waals surface area (Å²) in [4.78, 5) is 30.4. The number of nitrogens with zero attached hydrogens (tertiary/aromatic N) is 3. The van der Waals surface area contributed by atoms with Crippen molar-refractivity contribution < 1.29 is 4.79 Å². The summed E-state index contributed by atoms with van der Waals surface area (Å²) in [5.74, 6) is -0.0276. The van der Waals surface area contributed by atoms with Crippen LogP contribution in [0.3, 0.4) is 0 Å². The van der Waals surface area contributed by atoms with Crippen LogP contribution in [0.4, 0.5) is 0 Å². The van der Waals surface area contributed by atoms with Gasteiger partial charge < -0.3 is 9.47 Å². The van der Waals surface area contributed by atoms with Gasteiger partial charge in [0.15, 0.2) is 5.43 Å². The maximum atomic E-state index is 12.7. The molecule has 1 unspecified atom stereocenters. The summed E-state index contributed by atoms with van der Waals surface area (Å²) < 4.78 is 1.81. The zero-order valence-corrected chi connectivity index (χ0v) is 13.7. The van der Waals surface area contributed by atoms with Crippen LogP contribution < -0.4 is 5.43 Å². The molecule has 0 aliphatic heterocycles. The Morgan fingerprint density at radius 3 is 2.75 bits per heavy atom. The van der Waals surface area contributed by atoms with Gasteiger partial charge in [-0.05, 0) is 30.7 Å². The van der Waals surface area contributed by atoms with Gasteiger partial charge in [-0.3, -0.25) is 14.6 Å². The van der Waals surface area contributed by atoms with Crippen molar-refractivity contribution in [3.63, 3.8) is 0 Å². The fourth-order valence-corrected chi connectivity index (χ4v) is 2.72. The standard InChI is InChI=1S/C19H19N3O2/c1-14(15-6-5-10-20-12-15)21(2)19(24)13-22-11-9-18(23)16-7-3-4-8-17(16)22/h3-12,14H,13H2,1-2H3. The lowest BCUT2D eigenvalue weighted by Crippen LogP contribution is -2.33. The Bertz CT molecular complexity index is 919. The second kappa shape index (κ2) is 6.66. The fourth-order valence-electron chi connectivity index (χ4n) is 2.72. The summed E-state index contributed by atoms with van der Waals surface area (Å²) >= 11 is 0. The maximum Gasteiger partial charge on any atom is 0.242 e. The average Bonchev–Trinajstić information content (AvgIpc) is 2.63. The van der Waals surface area contributed by atoms with Crippen LogP contribution in [-0.4, -0.2) is 27.4 Å². The van der Waals surface area contributed by atoms with Crippen molar-refractivity contribution >= 4 is 16.8 Å². The summed E-state index contributed by atoms with van der Waals surface area (Å²) in [5.41, 5.74) is 1.71. The highest BCUT2D eigenvalue weighted by Gasteiger charge is 2.18. The molecule has 0 radical (unpaired) electrons. The van der Waals surface area contributed by atoms with E-state index in [-0.39, 0.29) is 23.9 Å². The minimum Gasteiger partial charge on any atom is -0.338 e. The van der Waals surface area contributed by atoms with Gasteiger partial charge in [0.05, 0.1) is 11.6 Å². The number of aromatic nitrogens is 2. The Morgan fingerprint density at radius 1 is 1.21 bits per heavy atom. The Hall–Kier alpha value is -2.95. The van der Waals surface area contributed by atoms with Crippen molar-refractivity contribution in [3.05, 3.63) is 76.8 Å². The number of amides is 1. The van der Waals surface area contributed by atoms with Crippen LogP contribution in [0.2, 0.25) is 0 Å². The van der Waals surface area contributed by atoms with Gasteiger partial charge in [0.25, 0.3) is 0 Å². The van der Waals surface area contributed by atoms with E-state index in [2.05, 4.69) is 4.98 Å². The molecule has 0 aliphatic carbocycles. The Morgan fingerprint density at radius 2 is 2.00 bits per heavy atom. The van der Waals surface area contributed by atoms with Crippen LogP contribution >= 0.6 is 0 Å². The Kier molecular flexibility index (Phi) is 4.42. The molecule has 0 fully saturated rings. The number of para-hydroxylation sites is 1. The van der Waals surface area contributed by atoms with Crippen LogP contribution in [0.25, 0.3) is 10.9 Å². The normalized spacial score (nSPS) is 12.1. The zero-order chi connectivity index (χ0) is 17.1. The first-order valence-corrected chi connectivity index (χ1v) is 7.81. The van der Waals surface area contributed by atoms with E-state index in [9.17, 15) is 9.59 Å². The van der Waals surface area contributed by atoms with Crippen molar-refractivity contribution in [1.29, 1.82) is 0 Å². The number of likely N-dealkylation sites (N-methyl/N-ethyl adjacent to an activating group) is 1. The number of hydrogen-bond donors (Lipinski definition) is 0. The van der Waals surface area contributed by atoms with Crippen molar-refractivity contribution in [1.82, 2.24) is 14.5 Å². The molecule has 1 atom stereocenters. The molecule has 0 N–H and O–H groups in total. The highest BCUT2D eigenvalue weighted by Crippen LogP contribution is 2.18. The number of benzene rings is 1. The van der Waals surface area contributed by atoms with Gasteiger partial charge in [0.2, 0.25) is 5.91 Å². The molecule has 0 saturated carbocycles. The molecule has 1 amide bonds. The summed E-state index contributed by atoms with van der Waals surface area (Å²) in [7, 11) is 1.78. The number of pyridine rings is 2. The first-order valence-electron chi connectivity index (χ1n) is 7.81. The number of carbonyl (C=O) groups is 1. The van der Waals surface area contributed by atoms with E-state index in [0.29, 0.717) is 5.39 Å². The molecule has 2 heterocycles. The summed E-state index contributed by atoms with van der Waals surface area (Å²) in [6.07, 6.45) is 5.15. The first kappa shape index (κ1) is 15.9. The van der Waals surface area contributed by atoms with E-state index < -0.39 is 0 Å². The summed E-state index contributed by atoms with van der Waals surface area (Å²) in [5, 5.41) is 0.621. The van der Waals surface area contributed by atoms with E-state index in [1.807, 2.05) is 41.8 Å². The molecule has 3 rings (SSSR count). The molecule has 2 aromatic heterocycles. The predicted molar refractivity (Wildman–Crippen MR) is 93.6 cm³/mol. The third-order valence-electron chi connectivity index (χ3n) is 4.33. The molecular weight excluding hydrogens is 302 g/mol. The van der Waals surface area contributed by atoms with E-state index in [4.69, 9.17) is 0 Å². The molecule has 1 aromatic carbocycles. The van der Waals surface area contributed by atoms with Crippen molar-refractivity contribution in [2.75, 3.05) is 7.05 Å². The molecule has 5 heteroatoms.